The van der Waals surface area contributed by atoms with Gasteiger partial charge >= 0.3 is 0 Å². The van der Waals surface area contributed by atoms with Crippen molar-refractivity contribution in [1.29, 1.82) is 0 Å². The number of non-ortho nitro benzene ring substituents is 1. The van der Waals surface area contributed by atoms with Crippen LogP contribution in [-0.4, -0.2) is 22.8 Å². The van der Waals surface area contributed by atoms with Crippen molar-refractivity contribution < 1.29 is 9.72 Å². The molecule has 0 aliphatic rings. The van der Waals surface area contributed by atoms with Crippen LogP contribution in [0.2, 0.25) is 0 Å². The van der Waals surface area contributed by atoms with E-state index in [-0.39, 0.29) is 17.0 Å². The van der Waals surface area contributed by atoms with Crippen molar-refractivity contribution in [2.45, 2.75) is 32.1 Å². The summed E-state index contributed by atoms with van der Waals surface area (Å²) < 4.78 is 0. The number of nitrogens with zero attached hydrogens (tertiary/aromatic N) is 1. The molecule has 0 bridgehead atoms. The molecule has 0 fully saturated rings. The molecule has 1 N–H and O–H groups in total. The quantitative estimate of drug-likeness (QED) is 0.476. The molecule has 0 aliphatic carbocycles. The summed E-state index contributed by atoms with van der Waals surface area (Å²) in [5.41, 5.74) is 0.359. The van der Waals surface area contributed by atoms with Crippen LogP contribution in [-0.2, 0) is 0 Å². The van der Waals surface area contributed by atoms with Gasteiger partial charge in [-0.05, 0) is 18.1 Å². The first-order valence-electron chi connectivity index (χ1n) is 6.66. The Bertz CT molecular complexity index is 458. The molecular formula is C14H19ClN2O3. The van der Waals surface area contributed by atoms with Gasteiger partial charge in [0.2, 0.25) is 0 Å². The lowest BCUT2D eigenvalue weighted by Crippen LogP contribution is -2.33. The molecule has 0 spiro atoms. The van der Waals surface area contributed by atoms with E-state index in [2.05, 4.69) is 19.2 Å². The van der Waals surface area contributed by atoms with Crippen LogP contribution in [0.3, 0.4) is 0 Å². The van der Waals surface area contributed by atoms with Crippen molar-refractivity contribution in [3.05, 3.63) is 39.9 Å². The van der Waals surface area contributed by atoms with E-state index in [0.717, 1.165) is 12.8 Å². The third-order valence-electron chi connectivity index (χ3n) is 3.36. The van der Waals surface area contributed by atoms with Crippen LogP contribution < -0.4 is 5.32 Å². The maximum Gasteiger partial charge on any atom is 0.269 e. The van der Waals surface area contributed by atoms with Crippen LogP contribution in [0.25, 0.3) is 0 Å². The van der Waals surface area contributed by atoms with Gasteiger partial charge in [-0.25, -0.2) is 0 Å². The van der Waals surface area contributed by atoms with Crippen molar-refractivity contribution in [2.75, 3.05) is 6.54 Å². The second-order valence-electron chi connectivity index (χ2n) is 4.61. The van der Waals surface area contributed by atoms with Gasteiger partial charge in [0.25, 0.3) is 11.6 Å². The predicted octanol–water partition coefficient (Wildman–Crippen LogP) is 3.37. The maximum atomic E-state index is 11.9. The Morgan fingerprint density at radius 3 is 2.30 bits per heavy atom. The Balaban J connectivity index is 2.56. The van der Waals surface area contributed by atoms with Crippen LogP contribution in [0.1, 0.15) is 37.0 Å². The van der Waals surface area contributed by atoms with Gasteiger partial charge in [0.05, 0.1) is 10.3 Å². The van der Waals surface area contributed by atoms with Crippen LogP contribution in [0.15, 0.2) is 24.3 Å². The number of benzene rings is 1. The van der Waals surface area contributed by atoms with Gasteiger partial charge in [0.15, 0.2) is 0 Å². The highest BCUT2D eigenvalue weighted by molar-refractivity contribution is 6.21. The molecule has 110 valence electrons. The summed E-state index contributed by atoms with van der Waals surface area (Å²) in [6, 6.07) is 5.50. The smallest absolute Gasteiger partial charge is 0.269 e. The van der Waals surface area contributed by atoms with Gasteiger partial charge in [-0.1, -0.05) is 26.7 Å². The Morgan fingerprint density at radius 2 is 1.85 bits per heavy atom. The van der Waals surface area contributed by atoms with Crippen LogP contribution in [0.5, 0.6) is 0 Å². The molecule has 1 amide bonds. The Hall–Kier alpha value is -1.62. The standard InChI is InChI=1S/C14H19ClN2O3/c1-3-10(4-2)13(15)9-16-14(18)11-5-7-12(8-6-11)17(19)20/h5-8,10,13H,3-4,9H2,1-2H3,(H,16,18). The summed E-state index contributed by atoms with van der Waals surface area (Å²) in [5, 5.41) is 13.2. The lowest BCUT2D eigenvalue weighted by Gasteiger charge is -2.19. The van der Waals surface area contributed by atoms with E-state index in [9.17, 15) is 14.9 Å². The average molecular weight is 299 g/mol. The van der Waals surface area contributed by atoms with Gasteiger partial charge in [0, 0.05) is 24.2 Å². The van der Waals surface area contributed by atoms with Crippen LogP contribution >= 0.6 is 11.6 Å². The molecule has 5 nitrogen and oxygen atoms in total. The highest BCUT2D eigenvalue weighted by atomic mass is 35.5. The van der Waals surface area contributed by atoms with Gasteiger partial charge in [-0.3, -0.25) is 14.9 Å². The van der Waals surface area contributed by atoms with E-state index in [0.29, 0.717) is 18.0 Å². The molecule has 0 saturated carbocycles. The Morgan fingerprint density at radius 1 is 1.30 bits per heavy atom. The fourth-order valence-corrected chi connectivity index (χ4v) is 2.43. The molecule has 1 atom stereocenters. The van der Waals surface area contributed by atoms with Gasteiger partial charge in [0.1, 0.15) is 0 Å². The minimum Gasteiger partial charge on any atom is -0.351 e. The third-order valence-corrected chi connectivity index (χ3v) is 3.87. The fourth-order valence-electron chi connectivity index (χ4n) is 1.99. The summed E-state index contributed by atoms with van der Waals surface area (Å²) in [7, 11) is 0. The summed E-state index contributed by atoms with van der Waals surface area (Å²) in [4.78, 5) is 21.9. The molecule has 0 saturated heterocycles. The van der Waals surface area contributed by atoms with Crippen LogP contribution in [0.4, 0.5) is 5.69 Å². The molecule has 1 rings (SSSR count). The molecular weight excluding hydrogens is 280 g/mol. The predicted molar refractivity (Wildman–Crippen MR) is 79.1 cm³/mol. The second-order valence-corrected chi connectivity index (χ2v) is 5.17. The summed E-state index contributed by atoms with van der Waals surface area (Å²) in [6.45, 7) is 4.53. The topological polar surface area (TPSA) is 72.2 Å². The molecule has 0 aliphatic heterocycles. The number of nitrogens with one attached hydrogen (secondary N) is 1. The van der Waals surface area contributed by atoms with E-state index in [4.69, 9.17) is 11.6 Å². The molecule has 6 heteroatoms. The number of nitro benzene ring substituents is 1. The number of halogens is 1. The molecule has 1 aromatic carbocycles. The lowest BCUT2D eigenvalue weighted by molar-refractivity contribution is -0.384. The molecule has 1 unspecified atom stereocenters. The Labute approximate surface area is 123 Å². The molecule has 0 radical (unpaired) electrons. The number of alkyl halides is 1. The number of carbonyl (C=O) groups excluding carboxylic acids is 1. The number of amides is 1. The SMILES string of the molecule is CCC(CC)C(Cl)CNC(=O)c1ccc([N+](=O)[O-])cc1. The fraction of sp³-hybridized carbons (Fsp3) is 0.500. The number of hydrogen-bond acceptors (Lipinski definition) is 3. The first-order chi connectivity index (χ1) is 9.49. The zero-order valence-electron chi connectivity index (χ0n) is 11.6. The van der Waals surface area contributed by atoms with Gasteiger partial charge in [-0.15, -0.1) is 11.6 Å². The van der Waals surface area contributed by atoms with Crippen molar-refractivity contribution >= 4 is 23.2 Å². The van der Waals surface area contributed by atoms with E-state index in [1.165, 1.54) is 24.3 Å². The minimum absolute atomic E-state index is 0.0335. The summed E-state index contributed by atoms with van der Waals surface area (Å²) in [6.07, 6.45) is 1.94. The zero-order chi connectivity index (χ0) is 15.1. The largest absolute Gasteiger partial charge is 0.351 e. The maximum absolute atomic E-state index is 11.9. The minimum atomic E-state index is -0.496. The number of carbonyl (C=O) groups is 1. The zero-order valence-corrected chi connectivity index (χ0v) is 12.4. The monoisotopic (exact) mass is 298 g/mol. The van der Waals surface area contributed by atoms with Crippen LogP contribution in [0, 0.1) is 16.0 Å². The van der Waals surface area contributed by atoms with E-state index < -0.39 is 4.92 Å². The molecule has 0 aromatic heterocycles. The second kappa shape index (κ2) is 7.85. The van der Waals surface area contributed by atoms with E-state index in [1.807, 2.05) is 0 Å². The summed E-state index contributed by atoms with van der Waals surface area (Å²) >= 11 is 6.24. The third kappa shape index (κ3) is 4.49. The molecule has 20 heavy (non-hydrogen) atoms. The van der Waals surface area contributed by atoms with Gasteiger partial charge < -0.3 is 5.32 Å². The normalized spacial score (nSPS) is 12.2. The average Bonchev–Trinajstić information content (AvgIpc) is 2.46. The van der Waals surface area contributed by atoms with E-state index >= 15 is 0 Å². The van der Waals surface area contributed by atoms with E-state index in [1.54, 1.807) is 0 Å². The lowest BCUT2D eigenvalue weighted by atomic mass is 9.99. The Kier molecular flexibility index (Phi) is 6.45. The van der Waals surface area contributed by atoms with Crippen molar-refractivity contribution in [3.63, 3.8) is 0 Å². The first-order valence-corrected chi connectivity index (χ1v) is 7.09. The van der Waals surface area contributed by atoms with Gasteiger partial charge in [-0.2, -0.15) is 0 Å². The van der Waals surface area contributed by atoms with Crippen molar-refractivity contribution in [3.8, 4) is 0 Å². The molecule has 1 aromatic rings. The first kappa shape index (κ1) is 16.4. The number of rotatable bonds is 7. The highest BCUT2D eigenvalue weighted by Crippen LogP contribution is 2.18. The summed E-state index contributed by atoms with van der Waals surface area (Å²) in [5.74, 6) is 0.102. The highest BCUT2D eigenvalue weighted by Gasteiger charge is 2.17. The number of nitro groups is 1. The molecule has 0 heterocycles. The van der Waals surface area contributed by atoms with Crippen molar-refractivity contribution in [2.24, 2.45) is 5.92 Å². The number of hydrogen-bond donors (Lipinski definition) is 1. The van der Waals surface area contributed by atoms with Crippen molar-refractivity contribution in [1.82, 2.24) is 5.32 Å².